The Labute approximate surface area is 124 Å². The van der Waals surface area contributed by atoms with E-state index in [1.165, 1.54) is 11.8 Å². The van der Waals surface area contributed by atoms with E-state index in [9.17, 15) is 4.79 Å². The number of carbonyl (C=O) groups excluding carboxylic acids is 1. The maximum atomic E-state index is 12.0. The Bertz CT molecular complexity index is 444. The molecule has 0 spiro atoms. The molecule has 0 bridgehead atoms. The molecule has 114 valence electrons. The summed E-state index contributed by atoms with van der Waals surface area (Å²) in [4.78, 5) is 12.0. The summed E-state index contributed by atoms with van der Waals surface area (Å²) in [5, 5.41) is 11.3. The molecule has 1 aromatic rings. The van der Waals surface area contributed by atoms with Crippen LogP contribution in [0.15, 0.2) is 5.16 Å². The molecule has 0 aliphatic carbocycles. The lowest BCUT2D eigenvalue weighted by atomic mass is 10.1. The quantitative estimate of drug-likeness (QED) is 0.753. The lowest BCUT2D eigenvalue weighted by molar-refractivity contribution is -0.120. The Balaban J connectivity index is 2.57. The summed E-state index contributed by atoms with van der Waals surface area (Å²) in [6.45, 7) is 10.9. The Kier molecular flexibility index (Phi) is 6.32. The number of hydrogen-bond donors (Lipinski definition) is 2. The van der Waals surface area contributed by atoms with Gasteiger partial charge in [0.15, 0.2) is 5.16 Å². The molecule has 1 aromatic heterocycles. The molecule has 0 saturated carbocycles. The number of rotatable bonds is 7. The second kappa shape index (κ2) is 7.52. The minimum atomic E-state index is -0.219. The molecule has 20 heavy (non-hydrogen) atoms. The van der Waals surface area contributed by atoms with Gasteiger partial charge in [0, 0.05) is 12.6 Å². The van der Waals surface area contributed by atoms with Crippen molar-refractivity contribution in [3.8, 4) is 0 Å². The molecular formula is C13H25N5OS. The van der Waals surface area contributed by atoms with Gasteiger partial charge in [-0.3, -0.25) is 9.36 Å². The second-order valence-corrected chi connectivity index (χ2v) is 6.85. The van der Waals surface area contributed by atoms with Gasteiger partial charge in [0.2, 0.25) is 11.9 Å². The number of amides is 1. The summed E-state index contributed by atoms with van der Waals surface area (Å²) in [7, 11) is 0. The lowest BCUT2D eigenvalue weighted by Crippen LogP contribution is -2.32. The van der Waals surface area contributed by atoms with Gasteiger partial charge in [0.1, 0.15) is 0 Å². The van der Waals surface area contributed by atoms with Crippen molar-refractivity contribution in [2.45, 2.75) is 57.5 Å². The Morgan fingerprint density at radius 1 is 1.30 bits per heavy atom. The van der Waals surface area contributed by atoms with E-state index < -0.39 is 0 Å². The molecule has 0 radical (unpaired) electrons. The van der Waals surface area contributed by atoms with Gasteiger partial charge in [-0.15, -0.1) is 10.2 Å². The fourth-order valence-electron chi connectivity index (χ4n) is 1.69. The van der Waals surface area contributed by atoms with Crippen molar-refractivity contribution in [3.05, 3.63) is 0 Å². The van der Waals surface area contributed by atoms with Crippen LogP contribution in [0.1, 0.15) is 47.1 Å². The molecule has 0 aliphatic heterocycles. The van der Waals surface area contributed by atoms with Gasteiger partial charge in [-0.05, 0) is 33.1 Å². The topological polar surface area (TPSA) is 85.8 Å². The van der Waals surface area contributed by atoms with Crippen molar-refractivity contribution in [2.24, 2.45) is 5.92 Å². The smallest absolute Gasteiger partial charge is 0.233 e. The number of nitrogens with zero attached hydrogens (tertiary/aromatic N) is 3. The van der Waals surface area contributed by atoms with Crippen LogP contribution in [-0.2, 0) is 4.79 Å². The number of carbonyl (C=O) groups is 1. The molecular weight excluding hydrogens is 274 g/mol. The Morgan fingerprint density at radius 2 is 1.95 bits per heavy atom. The molecule has 0 fully saturated rings. The molecule has 7 heteroatoms. The highest BCUT2D eigenvalue weighted by Gasteiger charge is 2.20. The normalized spacial score (nSPS) is 12.9. The maximum absolute atomic E-state index is 12.0. The molecule has 0 aliphatic rings. The van der Waals surface area contributed by atoms with Crippen LogP contribution in [0.25, 0.3) is 0 Å². The third-order valence-corrected chi connectivity index (χ3v) is 3.94. The highest BCUT2D eigenvalue weighted by Crippen LogP contribution is 2.26. The van der Waals surface area contributed by atoms with Crippen LogP contribution in [0.2, 0.25) is 0 Å². The number of anilines is 1. The zero-order valence-electron chi connectivity index (χ0n) is 12.9. The fourth-order valence-corrected chi connectivity index (χ4v) is 2.71. The van der Waals surface area contributed by atoms with E-state index in [1.807, 2.05) is 25.3 Å². The number of thioether (sulfide) groups is 1. The average molecular weight is 299 g/mol. The predicted octanol–water partition coefficient (Wildman–Crippen LogP) is 2.08. The van der Waals surface area contributed by atoms with Crippen molar-refractivity contribution in [2.75, 3.05) is 12.3 Å². The van der Waals surface area contributed by atoms with Gasteiger partial charge in [0.25, 0.3) is 0 Å². The number of nitrogens with one attached hydrogen (secondary N) is 1. The van der Waals surface area contributed by atoms with Crippen LogP contribution in [0.3, 0.4) is 0 Å². The van der Waals surface area contributed by atoms with Gasteiger partial charge in [-0.1, -0.05) is 25.6 Å². The van der Waals surface area contributed by atoms with Gasteiger partial charge >= 0.3 is 0 Å². The van der Waals surface area contributed by atoms with Crippen LogP contribution in [0, 0.1) is 5.92 Å². The third-order valence-electron chi connectivity index (χ3n) is 2.88. The molecule has 1 unspecified atom stereocenters. The van der Waals surface area contributed by atoms with Crippen molar-refractivity contribution in [1.82, 2.24) is 20.1 Å². The third kappa shape index (κ3) is 4.70. The molecule has 0 aromatic carbocycles. The van der Waals surface area contributed by atoms with Crippen molar-refractivity contribution in [1.29, 1.82) is 0 Å². The minimum absolute atomic E-state index is 0.0209. The fraction of sp³-hybridized carbons (Fsp3) is 0.769. The molecule has 1 atom stereocenters. The van der Waals surface area contributed by atoms with E-state index in [4.69, 9.17) is 5.73 Å². The van der Waals surface area contributed by atoms with Crippen LogP contribution in [0.5, 0.6) is 0 Å². The predicted molar refractivity (Wildman–Crippen MR) is 82.6 cm³/mol. The van der Waals surface area contributed by atoms with Crippen molar-refractivity contribution < 1.29 is 4.79 Å². The summed E-state index contributed by atoms with van der Waals surface area (Å²) in [5.74, 6) is 0.990. The van der Waals surface area contributed by atoms with Gasteiger partial charge in [-0.25, -0.2) is 0 Å². The van der Waals surface area contributed by atoms with Crippen molar-refractivity contribution in [3.63, 3.8) is 0 Å². The van der Waals surface area contributed by atoms with E-state index in [0.717, 1.165) is 6.42 Å². The number of hydrogen-bond acceptors (Lipinski definition) is 5. The van der Waals surface area contributed by atoms with Crippen LogP contribution >= 0.6 is 11.8 Å². The highest BCUT2D eigenvalue weighted by molar-refractivity contribution is 8.00. The van der Waals surface area contributed by atoms with Crippen LogP contribution < -0.4 is 11.1 Å². The standard InChI is InChI=1S/C13H25N5OS/c1-8(2)6-7-15-11(19)10(5)20-13-17-16-12(14)18(13)9(3)4/h8-10H,6-7H2,1-5H3,(H2,14,16)(H,15,19). The SMILES string of the molecule is CC(C)CCNC(=O)C(C)Sc1nnc(N)n1C(C)C. The van der Waals surface area contributed by atoms with E-state index >= 15 is 0 Å². The highest BCUT2D eigenvalue weighted by atomic mass is 32.2. The van der Waals surface area contributed by atoms with E-state index in [1.54, 1.807) is 0 Å². The number of nitrogens with two attached hydrogens (primary N) is 1. The zero-order valence-corrected chi connectivity index (χ0v) is 13.7. The van der Waals surface area contributed by atoms with Crippen LogP contribution in [0.4, 0.5) is 5.95 Å². The Hall–Kier alpha value is -1.24. The maximum Gasteiger partial charge on any atom is 0.233 e. The molecule has 1 rings (SSSR count). The minimum Gasteiger partial charge on any atom is -0.368 e. The average Bonchev–Trinajstić information content (AvgIpc) is 2.69. The molecule has 3 N–H and O–H groups in total. The first kappa shape index (κ1) is 16.8. The summed E-state index contributed by atoms with van der Waals surface area (Å²) >= 11 is 1.38. The summed E-state index contributed by atoms with van der Waals surface area (Å²) in [6, 6.07) is 0.170. The van der Waals surface area contributed by atoms with Gasteiger partial charge in [0.05, 0.1) is 5.25 Å². The molecule has 1 amide bonds. The molecule has 0 saturated heterocycles. The number of nitrogen functional groups attached to an aromatic ring is 1. The first-order valence-electron chi connectivity index (χ1n) is 6.97. The van der Waals surface area contributed by atoms with E-state index in [-0.39, 0.29) is 17.2 Å². The lowest BCUT2D eigenvalue weighted by Gasteiger charge is -2.15. The van der Waals surface area contributed by atoms with E-state index in [2.05, 4.69) is 29.4 Å². The van der Waals surface area contributed by atoms with Gasteiger partial charge in [-0.2, -0.15) is 0 Å². The monoisotopic (exact) mass is 299 g/mol. The largest absolute Gasteiger partial charge is 0.368 e. The summed E-state index contributed by atoms with van der Waals surface area (Å²) in [6.07, 6.45) is 0.984. The van der Waals surface area contributed by atoms with Gasteiger partial charge < -0.3 is 11.1 Å². The zero-order chi connectivity index (χ0) is 15.3. The Morgan fingerprint density at radius 3 is 2.50 bits per heavy atom. The summed E-state index contributed by atoms with van der Waals surface area (Å²) < 4.78 is 1.84. The molecule has 6 nitrogen and oxygen atoms in total. The summed E-state index contributed by atoms with van der Waals surface area (Å²) in [5.41, 5.74) is 5.78. The molecule has 1 heterocycles. The second-order valence-electron chi connectivity index (χ2n) is 5.54. The first-order chi connectivity index (χ1) is 9.32. The first-order valence-corrected chi connectivity index (χ1v) is 7.85. The number of aromatic nitrogens is 3. The van der Waals surface area contributed by atoms with Crippen LogP contribution in [-0.4, -0.2) is 32.5 Å². The van der Waals surface area contributed by atoms with Crippen molar-refractivity contribution >= 4 is 23.6 Å². The van der Waals surface area contributed by atoms with E-state index in [0.29, 0.717) is 23.6 Å².